The number of hydrogen-bond acceptors (Lipinski definition) is 5. The molecule has 102 valence electrons. The highest BCUT2D eigenvalue weighted by Crippen LogP contribution is 2.31. The van der Waals surface area contributed by atoms with Crippen LogP contribution in [0.1, 0.15) is 25.7 Å². The highest BCUT2D eigenvalue weighted by molar-refractivity contribution is 7.90. The Morgan fingerprint density at radius 1 is 1.33 bits per heavy atom. The lowest BCUT2D eigenvalue weighted by molar-refractivity contribution is -0.139. The molecule has 18 heavy (non-hydrogen) atoms. The summed E-state index contributed by atoms with van der Waals surface area (Å²) in [5, 5.41) is 2.97. The van der Waals surface area contributed by atoms with Gasteiger partial charge in [0, 0.05) is 12.3 Å². The Hall–Kier alpha value is -0.950. The van der Waals surface area contributed by atoms with E-state index in [2.05, 4.69) is 5.32 Å². The standard InChI is InChI=1S/C11H18N2O4S/c1-18(16,17)6-2-5-12-9-7-10(14)13(11(9)15)8-3-4-8/h8-9,12H,2-7H2,1H3. The zero-order valence-electron chi connectivity index (χ0n) is 10.4. The lowest BCUT2D eigenvalue weighted by Gasteiger charge is -2.14. The van der Waals surface area contributed by atoms with Crippen LogP contribution in [-0.4, -0.2) is 55.8 Å². The number of likely N-dealkylation sites (tertiary alicyclic amines) is 1. The molecule has 0 bridgehead atoms. The second-order valence-electron chi connectivity index (χ2n) is 5.03. The fourth-order valence-electron chi connectivity index (χ4n) is 2.14. The molecular formula is C11H18N2O4S. The van der Waals surface area contributed by atoms with Gasteiger partial charge in [0.15, 0.2) is 0 Å². The quantitative estimate of drug-likeness (QED) is 0.511. The van der Waals surface area contributed by atoms with Crippen molar-refractivity contribution in [1.29, 1.82) is 0 Å². The van der Waals surface area contributed by atoms with Gasteiger partial charge in [-0.05, 0) is 25.8 Å². The second kappa shape index (κ2) is 4.97. The monoisotopic (exact) mass is 274 g/mol. The Bertz CT molecular complexity index is 456. The summed E-state index contributed by atoms with van der Waals surface area (Å²) < 4.78 is 21.9. The maximum atomic E-state index is 11.9. The van der Waals surface area contributed by atoms with E-state index in [-0.39, 0.29) is 30.0 Å². The van der Waals surface area contributed by atoms with Gasteiger partial charge >= 0.3 is 0 Å². The van der Waals surface area contributed by atoms with Gasteiger partial charge in [0.1, 0.15) is 9.84 Å². The smallest absolute Gasteiger partial charge is 0.247 e. The molecule has 1 atom stereocenters. The number of nitrogens with one attached hydrogen (secondary N) is 1. The first-order valence-electron chi connectivity index (χ1n) is 6.15. The van der Waals surface area contributed by atoms with Crippen molar-refractivity contribution in [2.45, 2.75) is 37.8 Å². The van der Waals surface area contributed by atoms with Gasteiger partial charge in [-0.3, -0.25) is 14.5 Å². The minimum Gasteiger partial charge on any atom is -0.305 e. The largest absolute Gasteiger partial charge is 0.305 e. The molecule has 2 amide bonds. The summed E-state index contributed by atoms with van der Waals surface area (Å²) >= 11 is 0. The van der Waals surface area contributed by atoms with Crippen LogP contribution in [-0.2, 0) is 19.4 Å². The molecule has 2 fully saturated rings. The number of amides is 2. The summed E-state index contributed by atoms with van der Waals surface area (Å²) in [5.74, 6) is -0.161. The minimum absolute atomic E-state index is 0.0984. The van der Waals surface area contributed by atoms with Crippen molar-refractivity contribution in [3.8, 4) is 0 Å². The van der Waals surface area contributed by atoms with Crippen molar-refractivity contribution in [3.63, 3.8) is 0 Å². The van der Waals surface area contributed by atoms with Gasteiger partial charge in [-0.2, -0.15) is 0 Å². The maximum Gasteiger partial charge on any atom is 0.247 e. The van der Waals surface area contributed by atoms with Gasteiger partial charge in [-0.1, -0.05) is 0 Å². The van der Waals surface area contributed by atoms with E-state index in [4.69, 9.17) is 0 Å². The Balaban J connectivity index is 1.77. The molecule has 1 saturated carbocycles. The number of hydrogen-bond donors (Lipinski definition) is 1. The van der Waals surface area contributed by atoms with Crippen molar-refractivity contribution in [2.75, 3.05) is 18.6 Å². The van der Waals surface area contributed by atoms with Gasteiger partial charge < -0.3 is 5.32 Å². The van der Waals surface area contributed by atoms with Crippen molar-refractivity contribution in [1.82, 2.24) is 10.2 Å². The van der Waals surface area contributed by atoms with Crippen LogP contribution < -0.4 is 5.32 Å². The Morgan fingerprint density at radius 3 is 2.56 bits per heavy atom. The zero-order chi connectivity index (χ0) is 13.3. The molecular weight excluding hydrogens is 256 g/mol. The molecule has 2 rings (SSSR count). The zero-order valence-corrected chi connectivity index (χ0v) is 11.2. The molecule has 0 aromatic carbocycles. The number of carbonyl (C=O) groups excluding carboxylic acids is 2. The first-order valence-corrected chi connectivity index (χ1v) is 8.21. The third-order valence-corrected chi connectivity index (χ3v) is 4.21. The minimum atomic E-state index is -2.96. The highest BCUT2D eigenvalue weighted by Gasteiger charge is 2.45. The van der Waals surface area contributed by atoms with E-state index in [9.17, 15) is 18.0 Å². The van der Waals surface area contributed by atoms with Crippen LogP contribution in [0.3, 0.4) is 0 Å². The lowest BCUT2D eigenvalue weighted by Crippen LogP contribution is -2.40. The van der Waals surface area contributed by atoms with Crippen molar-refractivity contribution >= 4 is 21.7 Å². The fourth-order valence-corrected chi connectivity index (χ4v) is 2.81. The van der Waals surface area contributed by atoms with Gasteiger partial charge in [-0.15, -0.1) is 0 Å². The first-order chi connectivity index (χ1) is 8.38. The normalized spacial score (nSPS) is 24.9. The maximum absolute atomic E-state index is 11.9. The topological polar surface area (TPSA) is 83.6 Å². The molecule has 1 aliphatic heterocycles. The Labute approximate surface area is 107 Å². The van der Waals surface area contributed by atoms with Gasteiger partial charge in [0.25, 0.3) is 0 Å². The van der Waals surface area contributed by atoms with Crippen LogP contribution in [0, 0.1) is 0 Å². The lowest BCUT2D eigenvalue weighted by atomic mass is 10.2. The molecule has 1 heterocycles. The van der Waals surface area contributed by atoms with Crippen LogP contribution in [0.15, 0.2) is 0 Å². The summed E-state index contributed by atoms with van der Waals surface area (Å²) in [7, 11) is -2.96. The molecule has 1 aliphatic carbocycles. The van der Waals surface area contributed by atoms with Crippen molar-refractivity contribution < 1.29 is 18.0 Å². The van der Waals surface area contributed by atoms with Crippen LogP contribution in [0.4, 0.5) is 0 Å². The SMILES string of the molecule is CS(=O)(=O)CCCNC1CC(=O)N(C2CC2)C1=O. The van der Waals surface area contributed by atoms with E-state index >= 15 is 0 Å². The molecule has 1 unspecified atom stereocenters. The third kappa shape index (κ3) is 3.29. The average Bonchev–Trinajstić information content (AvgIpc) is 3.01. The van der Waals surface area contributed by atoms with Crippen LogP contribution >= 0.6 is 0 Å². The molecule has 1 saturated heterocycles. The first kappa shape index (κ1) is 13.5. The van der Waals surface area contributed by atoms with E-state index in [1.807, 2.05) is 0 Å². The molecule has 7 heteroatoms. The molecule has 1 N–H and O–H groups in total. The van der Waals surface area contributed by atoms with Gasteiger partial charge in [-0.25, -0.2) is 8.42 Å². The summed E-state index contributed by atoms with van der Waals surface area (Å²) in [6.45, 7) is 0.440. The Morgan fingerprint density at radius 2 is 2.00 bits per heavy atom. The van der Waals surface area contributed by atoms with Gasteiger partial charge in [0.2, 0.25) is 11.8 Å². The summed E-state index contributed by atoms with van der Waals surface area (Å²) in [5.41, 5.74) is 0. The van der Waals surface area contributed by atoms with E-state index in [1.165, 1.54) is 11.2 Å². The fraction of sp³-hybridized carbons (Fsp3) is 0.818. The summed E-state index contributed by atoms with van der Waals surface area (Å²) in [6.07, 6.45) is 3.68. The predicted molar refractivity (Wildman–Crippen MR) is 65.6 cm³/mol. The summed E-state index contributed by atoms with van der Waals surface area (Å²) in [4.78, 5) is 24.9. The predicted octanol–water partition coefficient (Wildman–Crippen LogP) is -0.699. The number of nitrogens with zero attached hydrogens (tertiary/aromatic N) is 1. The second-order valence-corrected chi connectivity index (χ2v) is 7.29. The average molecular weight is 274 g/mol. The van der Waals surface area contributed by atoms with Crippen molar-refractivity contribution in [3.05, 3.63) is 0 Å². The van der Waals surface area contributed by atoms with E-state index < -0.39 is 15.9 Å². The Kier molecular flexibility index (Phi) is 3.72. The van der Waals surface area contributed by atoms with E-state index in [0.29, 0.717) is 13.0 Å². The van der Waals surface area contributed by atoms with Gasteiger partial charge in [0.05, 0.1) is 18.2 Å². The molecule has 0 aromatic rings. The molecule has 0 radical (unpaired) electrons. The van der Waals surface area contributed by atoms with E-state index in [0.717, 1.165) is 12.8 Å². The van der Waals surface area contributed by atoms with Crippen molar-refractivity contribution in [2.24, 2.45) is 0 Å². The van der Waals surface area contributed by atoms with Crippen LogP contribution in [0.2, 0.25) is 0 Å². The highest BCUT2D eigenvalue weighted by atomic mass is 32.2. The number of carbonyl (C=O) groups is 2. The van der Waals surface area contributed by atoms with Crippen LogP contribution in [0.5, 0.6) is 0 Å². The third-order valence-electron chi connectivity index (χ3n) is 3.18. The van der Waals surface area contributed by atoms with E-state index in [1.54, 1.807) is 0 Å². The molecule has 0 aromatic heterocycles. The van der Waals surface area contributed by atoms with Crippen LogP contribution in [0.25, 0.3) is 0 Å². The molecule has 6 nitrogen and oxygen atoms in total. The number of sulfone groups is 1. The number of rotatable bonds is 6. The molecule has 2 aliphatic rings. The molecule has 0 spiro atoms. The number of imide groups is 1. The summed E-state index contributed by atoms with van der Waals surface area (Å²) in [6, 6.07) is -0.342.